The van der Waals surface area contributed by atoms with E-state index in [0.29, 0.717) is 37.8 Å². The van der Waals surface area contributed by atoms with Gasteiger partial charge in [0.2, 0.25) is 0 Å². The van der Waals surface area contributed by atoms with Crippen molar-refractivity contribution < 1.29 is 22.8 Å². The zero-order chi connectivity index (χ0) is 16.4. The van der Waals surface area contributed by atoms with E-state index in [1.165, 1.54) is 17.4 Å². The molecule has 1 aliphatic heterocycles. The molecule has 0 unspecified atom stereocenters. The molecule has 1 aromatic carbocycles. The standard InChI is InChI=1S/C16H14F2N2O3/c17-12-1-2-13(14(18)9-12)16(22)20-6-4-19(5-7-20)15(21)11-3-8-23-10-11/h1-3,8-10H,4-7H2. The van der Waals surface area contributed by atoms with Crippen LogP contribution in [-0.4, -0.2) is 47.8 Å². The van der Waals surface area contributed by atoms with Crippen LogP contribution >= 0.6 is 0 Å². The number of hydrogen-bond acceptors (Lipinski definition) is 3. The highest BCUT2D eigenvalue weighted by Gasteiger charge is 2.27. The Kier molecular flexibility index (Phi) is 4.10. The predicted molar refractivity (Wildman–Crippen MR) is 76.9 cm³/mol. The van der Waals surface area contributed by atoms with Crippen molar-refractivity contribution in [3.63, 3.8) is 0 Å². The number of rotatable bonds is 2. The van der Waals surface area contributed by atoms with E-state index in [4.69, 9.17) is 4.42 Å². The molecule has 7 heteroatoms. The molecule has 120 valence electrons. The fraction of sp³-hybridized carbons (Fsp3) is 0.250. The zero-order valence-electron chi connectivity index (χ0n) is 12.2. The molecule has 5 nitrogen and oxygen atoms in total. The summed E-state index contributed by atoms with van der Waals surface area (Å²) in [7, 11) is 0. The Labute approximate surface area is 131 Å². The van der Waals surface area contributed by atoms with E-state index in [2.05, 4.69) is 0 Å². The first-order valence-corrected chi connectivity index (χ1v) is 7.12. The van der Waals surface area contributed by atoms with E-state index in [1.807, 2.05) is 0 Å². The van der Waals surface area contributed by atoms with Crippen LogP contribution in [0.2, 0.25) is 0 Å². The zero-order valence-corrected chi connectivity index (χ0v) is 12.2. The number of halogens is 2. The highest BCUT2D eigenvalue weighted by Crippen LogP contribution is 2.15. The van der Waals surface area contributed by atoms with Gasteiger partial charge in [0.25, 0.3) is 11.8 Å². The van der Waals surface area contributed by atoms with E-state index in [0.717, 1.165) is 12.1 Å². The molecule has 0 bridgehead atoms. The van der Waals surface area contributed by atoms with E-state index in [9.17, 15) is 18.4 Å². The third-order valence-corrected chi connectivity index (χ3v) is 3.78. The first-order chi connectivity index (χ1) is 11.1. The number of furan rings is 1. The Morgan fingerprint density at radius 2 is 1.61 bits per heavy atom. The van der Waals surface area contributed by atoms with E-state index >= 15 is 0 Å². The van der Waals surface area contributed by atoms with Gasteiger partial charge in [-0.15, -0.1) is 0 Å². The van der Waals surface area contributed by atoms with Crippen LogP contribution in [0.4, 0.5) is 8.78 Å². The van der Waals surface area contributed by atoms with Crippen molar-refractivity contribution in [1.82, 2.24) is 9.80 Å². The summed E-state index contributed by atoms with van der Waals surface area (Å²) < 4.78 is 31.5. The van der Waals surface area contributed by atoms with Crippen molar-refractivity contribution >= 4 is 11.8 Å². The summed E-state index contributed by atoms with van der Waals surface area (Å²) in [5.41, 5.74) is 0.287. The number of piperazine rings is 1. The minimum Gasteiger partial charge on any atom is -0.472 e. The van der Waals surface area contributed by atoms with Gasteiger partial charge in [-0.25, -0.2) is 8.78 Å². The molecule has 2 amide bonds. The van der Waals surface area contributed by atoms with Crippen LogP contribution in [0.3, 0.4) is 0 Å². The lowest BCUT2D eigenvalue weighted by Crippen LogP contribution is -2.50. The average Bonchev–Trinajstić information content (AvgIpc) is 3.08. The van der Waals surface area contributed by atoms with Gasteiger partial charge < -0.3 is 14.2 Å². The van der Waals surface area contributed by atoms with Crippen LogP contribution in [0.1, 0.15) is 20.7 Å². The molecule has 3 rings (SSSR count). The lowest BCUT2D eigenvalue weighted by Gasteiger charge is -2.34. The number of carbonyl (C=O) groups excluding carboxylic acids is 2. The molecule has 0 atom stereocenters. The lowest BCUT2D eigenvalue weighted by molar-refractivity contribution is 0.0532. The van der Waals surface area contributed by atoms with Crippen LogP contribution in [-0.2, 0) is 0 Å². The monoisotopic (exact) mass is 320 g/mol. The average molecular weight is 320 g/mol. The Hall–Kier alpha value is -2.70. The summed E-state index contributed by atoms with van der Waals surface area (Å²) in [4.78, 5) is 27.5. The van der Waals surface area contributed by atoms with Crippen molar-refractivity contribution in [2.45, 2.75) is 0 Å². The van der Waals surface area contributed by atoms with E-state index in [1.54, 1.807) is 11.0 Å². The van der Waals surface area contributed by atoms with Crippen LogP contribution in [0, 0.1) is 11.6 Å². The molecule has 1 saturated heterocycles. The number of nitrogens with zero attached hydrogens (tertiary/aromatic N) is 2. The third-order valence-electron chi connectivity index (χ3n) is 3.78. The lowest BCUT2D eigenvalue weighted by atomic mass is 10.1. The summed E-state index contributed by atoms with van der Waals surface area (Å²) in [6.45, 7) is 1.27. The molecule has 0 aliphatic carbocycles. The molecule has 23 heavy (non-hydrogen) atoms. The summed E-state index contributed by atoms with van der Waals surface area (Å²) >= 11 is 0. The van der Waals surface area contributed by atoms with Gasteiger partial charge in [-0.1, -0.05) is 0 Å². The first kappa shape index (κ1) is 15.2. The van der Waals surface area contributed by atoms with E-state index in [-0.39, 0.29) is 11.5 Å². The van der Waals surface area contributed by atoms with Gasteiger partial charge in [0, 0.05) is 32.2 Å². The fourth-order valence-electron chi connectivity index (χ4n) is 2.51. The summed E-state index contributed by atoms with van der Waals surface area (Å²) in [6.07, 6.45) is 2.79. The smallest absolute Gasteiger partial charge is 0.257 e. The molecule has 1 aromatic heterocycles. The maximum atomic E-state index is 13.7. The van der Waals surface area contributed by atoms with Crippen LogP contribution < -0.4 is 0 Å². The largest absolute Gasteiger partial charge is 0.472 e. The second-order valence-electron chi connectivity index (χ2n) is 5.22. The topological polar surface area (TPSA) is 53.8 Å². The molecule has 1 fully saturated rings. The molecule has 1 aliphatic rings. The van der Waals surface area contributed by atoms with Crippen molar-refractivity contribution in [2.75, 3.05) is 26.2 Å². The fourth-order valence-corrected chi connectivity index (χ4v) is 2.51. The Morgan fingerprint density at radius 1 is 0.957 bits per heavy atom. The van der Waals surface area contributed by atoms with Gasteiger partial charge in [-0.05, 0) is 18.2 Å². The Bertz CT molecular complexity index is 723. The first-order valence-electron chi connectivity index (χ1n) is 7.12. The number of amides is 2. The molecular weight excluding hydrogens is 306 g/mol. The number of carbonyl (C=O) groups is 2. The second kappa shape index (κ2) is 6.20. The van der Waals surface area contributed by atoms with Crippen LogP contribution in [0.5, 0.6) is 0 Å². The molecule has 2 heterocycles. The minimum absolute atomic E-state index is 0.166. The minimum atomic E-state index is -0.882. The SMILES string of the molecule is O=C(c1ccoc1)N1CCN(C(=O)c2ccc(F)cc2F)CC1. The molecule has 0 N–H and O–H groups in total. The molecular formula is C16H14F2N2O3. The Balaban J connectivity index is 1.64. The van der Waals surface area contributed by atoms with Gasteiger partial charge in [0.15, 0.2) is 0 Å². The molecule has 0 radical (unpaired) electrons. The number of benzene rings is 1. The van der Waals surface area contributed by atoms with Gasteiger partial charge >= 0.3 is 0 Å². The van der Waals surface area contributed by atoms with Crippen LogP contribution in [0.25, 0.3) is 0 Å². The van der Waals surface area contributed by atoms with Gasteiger partial charge in [0.1, 0.15) is 17.9 Å². The quantitative estimate of drug-likeness (QED) is 0.852. The van der Waals surface area contributed by atoms with Crippen molar-refractivity contribution in [3.05, 3.63) is 59.6 Å². The van der Waals surface area contributed by atoms with Gasteiger partial charge in [-0.3, -0.25) is 9.59 Å². The van der Waals surface area contributed by atoms with Gasteiger partial charge in [0.05, 0.1) is 17.4 Å². The molecule has 0 spiro atoms. The third kappa shape index (κ3) is 3.08. The second-order valence-corrected chi connectivity index (χ2v) is 5.22. The highest BCUT2D eigenvalue weighted by molar-refractivity contribution is 5.96. The van der Waals surface area contributed by atoms with Crippen molar-refractivity contribution in [3.8, 4) is 0 Å². The molecule has 0 saturated carbocycles. The van der Waals surface area contributed by atoms with Gasteiger partial charge in [-0.2, -0.15) is 0 Å². The maximum absolute atomic E-state index is 13.7. The van der Waals surface area contributed by atoms with Crippen molar-refractivity contribution in [2.24, 2.45) is 0 Å². The summed E-state index contributed by atoms with van der Waals surface area (Å²) in [6, 6.07) is 4.45. The van der Waals surface area contributed by atoms with Crippen LogP contribution in [0.15, 0.2) is 41.2 Å². The summed E-state index contributed by atoms with van der Waals surface area (Å²) in [5, 5.41) is 0. The highest BCUT2D eigenvalue weighted by atomic mass is 19.1. The van der Waals surface area contributed by atoms with Crippen molar-refractivity contribution in [1.29, 1.82) is 0 Å². The summed E-state index contributed by atoms with van der Waals surface area (Å²) in [5.74, 6) is -2.28. The molecule has 2 aromatic rings. The Morgan fingerprint density at radius 3 is 2.17 bits per heavy atom. The maximum Gasteiger partial charge on any atom is 0.257 e. The van der Waals surface area contributed by atoms with E-state index < -0.39 is 17.5 Å². The predicted octanol–water partition coefficient (Wildman–Crippen LogP) is 2.16. The number of hydrogen-bond donors (Lipinski definition) is 0. The normalized spacial score (nSPS) is 14.9.